The van der Waals surface area contributed by atoms with Gasteiger partial charge < -0.3 is 9.73 Å². The van der Waals surface area contributed by atoms with E-state index in [2.05, 4.69) is 15.0 Å². The highest BCUT2D eigenvalue weighted by Gasteiger charge is 2.15. The molecule has 2 aromatic carbocycles. The third-order valence-corrected chi connectivity index (χ3v) is 5.14. The van der Waals surface area contributed by atoms with Crippen LogP contribution in [0.2, 0.25) is 0 Å². The third kappa shape index (κ3) is 3.98. The monoisotopic (exact) mass is 371 g/mol. The van der Waals surface area contributed by atoms with E-state index < -0.39 is 15.9 Å². The van der Waals surface area contributed by atoms with Crippen LogP contribution in [0, 0.1) is 0 Å². The zero-order valence-corrected chi connectivity index (χ0v) is 14.8. The Balaban J connectivity index is 1.76. The van der Waals surface area contributed by atoms with Gasteiger partial charge in [-0.25, -0.2) is 18.1 Å². The zero-order chi connectivity index (χ0) is 18.6. The van der Waals surface area contributed by atoms with Gasteiger partial charge in [0.05, 0.1) is 11.1 Å². The fraction of sp³-hybridized carbons (Fsp3) is 0.111. The Bertz CT molecular complexity index is 997. The molecule has 0 fully saturated rings. The van der Waals surface area contributed by atoms with Gasteiger partial charge in [0.15, 0.2) is 12.2 Å². The predicted molar refractivity (Wildman–Crippen MR) is 97.2 cm³/mol. The quantitative estimate of drug-likeness (QED) is 0.694. The van der Waals surface area contributed by atoms with Gasteiger partial charge in [-0.2, -0.15) is 0 Å². The Hall–Kier alpha value is -2.97. The summed E-state index contributed by atoms with van der Waals surface area (Å²) in [7, 11) is -3.62. The molecule has 0 unspecified atom stereocenters. The number of carbonyl (C=O) groups is 1. The third-order valence-electron chi connectivity index (χ3n) is 3.60. The number of sulfonamides is 1. The van der Waals surface area contributed by atoms with Crippen molar-refractivity contribution in [1.82, 2.24) is 9.71 Å². The zero-order valence-electron chi connectivity index (χ0n) is 14.0. The van der Waals surface area contributed by atoms with E-state index in [0.717, 1.165) is 5.56 Å². The Morgan fingerprint density at radius 3 is 2.58 bits per heavy atom. The number of oxazole rings is 1. The summed E-state index contributed by atoms with van der Waals surface area (Å²) < 4.78 is 31.7. The summed E-state index contributed by atoms with van der Waals surface area (Å²) in [5.74, 6) is 0.232. The first-order valence-electron chi connectivity index (χ1n) is 7.89. The normalized spacial score (nSPS) is 11.3. The summed E-state index contributed by atoms with van der Waals surface area (Å²) in [6.07, 6.45) is 2.95. The molecule has 134 valence electrons. The molecule has 0 spiro atoms. The highest BCUT2D eigenvalue weighted by Crippen LogP contribution is 2.21. The smallest absolute Gasteiger partial charge is 0.255 e. The number of hydrogen-bond acceptors (Lipinski definition) is 5. The SMILES string of the molecule is CCNS(=O)(=O)c1cccc(C(=O)Nc2ccc(-c3cnco3)cc2)c1. The molecule has 0 radical (unpaired) electrons. The maximum absolute atomic E-state index is 12.4. The minimum absolute atomic E-state index is 0.0488. The van der Waals surface area contributed by atoms with Crippen LogP contribution in [0.3, 0.4) is 0 Å². The van der Waals surface area contributed by atoms with Gasteiger partial charge >= 0.3 is 0 Å². The van der Waals surface area contributed by atoms with Crippen LogP contribution in [0.1, 0.15) is 17.3 Å². The van der Waals surface area contributed by atoms with Gasteiger partial charge in [-0.15, -0.1) is 0 Å². The fourth-order valence-electron chi connectivity index (χ4n) is 2.36. The second-order valence-electron chi connectivity index (χ2n) is 5.43. The minimum Gasteiger partial charge on any atom is -0.444 e. The van der Waals surface area contributed by atoms with Gasteiger partial charge in [-0.3, -0.25) is 4.79 Å². The number of aromatic nitrogens is 1. The minimum atomic E-state index is -3.62. The Morgan fingerprint density at radius 2 is 1.92 bits per heavy atom. The molecule has 7 nitrogen and oxygen atoms in total. The van der Waals surface area contributed by atoms with Crippen molar-refractivity contribution in [1.29, 1.82) is 0 Å². The molecular weight excluding hydrogens is 354 g/mol. The molecule has 0 saturated carbocycles. The number of nitrogens with one attached hydrogen (secondary N) is 2. The first kappa shape index (κ1) is 17.8. The van der Waals surface area contributed by atoms with Crippen molar-refractivity contribution in [2.45, 2.75) is 11.8 Å². The van der Waals surface area contributed by atoms with E-state index in [-0.39, 0.29) is 17.0 Å². The molecule has 1 aromatic heterocycles. The lowest BCUT2D eigenvalue weighted by Crippen LogP contribution is -2.23. The number of rotatable bonds is 6. The number of benzene rings is 2. The average molecular weight is 371 g/mol. The maximum atomic E-state index is 12.4. The molecule has 1 amide bonds. The first-order chi connectivity index (χ1) is 12.5. The van der Waals surface area contributed by atoms with Crippen molar-refractivity contribution < 1.29 is 17.6 Å². The van der Waals surface area contributed by atoms with Gasteiger partial charge in [-0.1, -0.05) is 13.0 Å². The topological polar surface area (TPSA) is 101 Å². The molecule has 0 saturated heterocycles. The highest BCUT2D eigenvalue weighted by atomic mass is 32.2. The fourth-order valence-corrected chi connectivity index (χ4v) is 3.44. The van der Waals surface area contributed by atoms with Crippen LogP contribution in [0.5, 0.6) is 0 Å². The van der Waals surface area contributed by atoms with E-state index in [1.54, 1.807) is 43.5 Å². The lowest BCUT2D eigenvalue weighted by molar-refractivity contribution is 0.102. The van der Waals surface area contributed by atoms with Crippen molar-refractivity contribution in [3.05, 3.63) is 66.7 Å². The van der Waals surface area contributed by atoms with Crippen LogP contribution in [-0.4, -0.2) is 25.9 Å². The standard InChI is InChI=1S/C18H17N3O4S/c1-2-20-26(23,24)16-5-3-4-14(10-16)18(22)21-15-8-6-13(7-9-15)17-11-19-12-25-17/h3-12,20H,2H2,1H3,(H,21,22). The van der Waals surface area contributed by atoms with E-state index in [1.807, 2.05) is 0 Å². The summed E-state index contributed by atoms with van der Waals surface area (Å²) in [4.78, 5) is 16.3. The molecule has 3 rings (SSSR count). The number of amides is 1. The molecule has 8 heteroatoms. The summed E-state index contributed by atoms with van der Waals surface area (Å²) in [6.45, 7) is 1.97. The Labute approximate surface area is 151 Å². The Kier molecular flexibility index (Phi) is 5.15. The molecular formula is C18H17N3O4S. The van der Waals surface area contributed by atoms with E-state index in [1.165, 1.54) is 24.6 Å². The molecule has 0 aliphatic carbocycles. The summed E-state index contributed by atoms with van der Waals surface area (Å²) >= 11 is 0. The number of hydrogen-bond donors (Lipinski definition) is 2. The molecule has 1 heterocycles. The number of carbonyl (C=O) groups excluding carboxylic acids is 1. The average Bonchev–Trinajstić information content (AvgIpc) is 3.17. The van der Waals surface area contributed by atoms with Crippen LogP contribution in [0.25, 0.3) is 11.3 Å². The van der Waals surface area contributed by atoms with Gasteiger partial charge in [0.25, 0.3) is 5.91 Å². The lowest BCUT2D eigenvalue weighted by Gasteiger charge is -2.08. The predicted octanol–water partition coefficient (Wildman–Crippen LogP) is 2.89. The van der Waals surface area contributed by atoms with Crippen LogP contribution in [0.4, 0.5) is 5.69 Å². The number of nitrogens with zero attached hydrogens (tertiary/aromatic N) is 1. The van der Waals surface area contributed by atoms with E-state index in [9.17, 15) is 13.2 Å². The van der Waals surface area contributed by atoms with Crippen LogP contribution < -0.4 is 10.0 Å². The molecule has 0 bridgehead atoms. The molecule has 3 aromatic rings. The molecule has 26 heavy (non-hydrogen) atoms. The van der Waals surface area contributed by atoms with Gasteiger partial charge in [0, 0.05) is 23.4 Å². The molecule has 0 aliphatic heterocycles. The maximum Gasteiger partial charge on any atom is 0.255 e. The second-order valence-corrected chi connectivity index (χ2v) is 7.19. The van der Waals surface area contributed by atoms with Crippen molar-refractivity contribution in [3.63, 3.8) is 0 Å². The molecule has 2 N–H and O–H groups in total. The van der Waals surface area contributed by atoms with E-state index >= 15 is 0 Å². The first-order valence-corrected chi connectivity index (χ1v) is 9.38. The van der Waals surface area contributed by atoms with E-state index in [0.29, 0.717) is 11.4 Å². The second kappa shape index (κ2) is 7.51. The van der Waals surface area contributed by atoms with Crippen LogP contribution in [0.15, 0.2) is 70.4 Å². The van der Waals surface area contributed by atoms with Gasteiger partial charge in [0.2, 0.25) is 10.0 Å². The molecule has 0 aliphatic rings. The van der Waals surface area contributed by atoms with Crippen molar-refractivity contribution in [2.24, 2.45) is 0 Å². The van der Waals surface area contributed by atoms with Gasteiger partial charge in [0.1, 0.15) is 0 Å². The van der Waals surface area contributed by atoms with Crippen LogP contribution in [-0.2, 0) is 10.0 Å². The van der Waals surface area contributed by atoms with Crippen molar-refractivity contribution in [3.8, 4) is 11.3 Å². The summed E-state index contributed by atoms with van der Waals surface area (Å²) in [6, 6.07) is 12.9. The van der Waals surface area contributed by atoms with E-state index in [4.69, 9.17) is 4.42 Å². The number of anilines is 1. The molecule has 0 atom stereocenters. The lowest BCUT2D eigenvalue weighted by atomic mass is 10.1. The highest BCUT2D eigenvalue weighted by molar-refractivity contribution is 7.89. The largest absolute Gasteiger partial charge is 0.444 e. The van der Waals surface area contributed by atoms with Crippen molar-refractivity contribution in [2.75, 3.05) is 11.9 Å². The summed E-state index contributed by atoms with van der Waals surface area (Å²) in [5.41, 5.74) is 1.67. The van der Waals surface area contributed by atoms with Crippen LogP contribution >= 0.6 is 0 Å². The van der Waals surface area contributed by atoms with Gasteiger partial charge in [-0.05, 0) is 42.5 Å². The Morgan fingerprint density at radius 1 is 1.15 bits per heavy atom. The summed E-state index contributed by atoms with van der Waals surface area (Å²) in [5, 5.41) is 2.74. The van der Waals surface area contributed by atoms with Crippen molar-refractivity contribution >= 4 is 21.6 Å².